The highest BCUT2D eigenvalue weighted by Gasteiger charge is 2.00. The molecule has 112 valence electrons. The molecule has 4 nitrogen and oxygen atoms in total. The van der Waals surface area contributed by atoms with Crippen LogP contribution in [0.3, 0.4) is 0 Å². The number of hydrogen-bond acceptors (Lipinski definition) is 3. The highest BCUT2D eigenvalue weighted by molar-refractivity contribution is 7.84. The molecule has 1 N–H and O–H groups in total. The van der Waals surface area contributed by atoms with E-state index in [1.54, 1.807) is 18.8 Å². The minimum atomic E-state index is -0.956. The molecule has 5 heteroatoms. The van der Waals surface area contributed by atoms with Crippen molar-refractivity contribution < 1.29 is 4.21 Å². The third-order valence-corrected chi connectivity index (χ3v) is 4.32. The summed E-state index contributed by atoms with van der Waals surface area (Å²) in [6.45, 7) is 0.726. The smallest absolute Gasteiger partial charge is 0.0991 e. The zero-order valence-corrected chi connectivity index (χ0v) is 13.1. The van der Waals surface area contributed by atoms with Crippen LogP contribution in [0.25, 0.3) is 5.69 Å². The Kier molecular flexibility index (Phi) is 4.34. The summed E-state index contributed by atoms with van der Waals surface area (Å²) in [4.78, 5) is 4.88. The van der Waals surface area contributed by atoms with Gasteiger partial charge in [0.2, 0.25) is 0 Å². The quantitative estimate of drug-likeness (QED) is 0.787. The Hall–Kier alpha value is -2.40. The van der Waals surface area contributed by atoms with Gasteiger partial charge in [-0.1, -0.05) is 18.2 Å². The summed E-state index contributed by atoms with van der Waals surface area (Å²) in [5, 5.41) is 3.36. The fraction of sp³-hybridized carbons (Fsp3) is 0.118. The van der Waals surface area contributed by atoms with E-state index >= 15 is 0 Å². The molecule has 0 bridgehead atoms. The average molecular weight is 311 g/mol. The van der Waals surface area contributed by atoms with Crippen molar-refractivity contribution in [2.24, 2.45) is 0 Å². The summed E-state index contributed by atoms with van der Waals surface area (Å²) in [5.74, 6) is 0. The first-order valence-corrected chi connectivity index (χ1v) is 8.53. The number of hydrogen-bond donors (Lipinski definition) is 1. The first-order valence-electron chi connectivity index (χ1n) is 6.97. The third kappa shape index (κ3) is 3.43. The fourth-order valence-corrected chi connectivity index (χ4v) is 2.75. The molecule has 0 radical (unpaired) electrons. The maximum atomic E-state index is 11.5. The van der Waals surface area contributed by atoms with Crippen LogP contribution in [0.1, 0.15) is 5.56 Å². The normalized spacial score (nSPS) is 12.0. The topological polar surface area (TPSA) is 46.9 Å². The van der Waals surface area contributed by atoms with Gasteiger partial charge in [-0.25, -0.2) is 4.98 Å². The molecule has 3 rings (SSSR count). The van der Waals surface area contributed by atoms with E-state index < -0.39 is 10.8 Å². The molecule has 0 aliphatic heterocycles. The first-order chi connectivity index (χ1) is 10.7. The largest absolute Gasteiger partial charge is 0.381 e. The van der Waals surface area contributed by atoms with E-state index in [-0.39, 0.29) is 0 Å². The van der Waals surface area contributed by atoms with E-state index in [0.717, 1.165) is 22.8 Å². The van der Waals surface area contributed by atoms with Crippen molar-refractivity contribution >= 4 is 16.5 Å². The van der Waals surface area contributed by atoms with Crippen LogP contribution in [-0.2, 0) is 17.3 Å². The van der Waals surface area contributed by atoms with Gasteiger partial charge in [-0.15, -0.1) is 0 Å². The van der Waals surface area contributed by atoms with Crippen LogP contribution in [0.2, 0.25) is 0 Å². The van der Waals surface area contributed by atoms with Gasteiger partial charge in [0, 0.05) is 52.3 Å². The van der Waals surface area contributed by atoms with E-state index in [9.17, 15) is 4.21 Å². The molecule has 1 atom stereocenters. The summed E-state index contributed by atoms with van der Waals surface area (Å²) < 4.78 is 13.5. The Morgan fingerprint density at radius 1 is 1.18 bits per heavy atom. The summed E-state index contributed by atoms with van der Waals surface area (Å²) in [6, 6.07) is 16.0. The van der Waals surface area contributed by atoms with Crippen LogP contribution < -0.4 is 5.32 Å². The second-order valence-corrected chi connectivity index (χ2v) is 6.35. The number of rotatable bonds is 5. The van der Waals surface area contributed by atoms with Gasteiger partial charge in [0.15, 0.2) is 0 Å². The summed E-state index contributed by atoms with van der Waals surface area (Å²) in [5.41, 5.74) is 3.25. The summed E-state index contributed by atoms with van der Waals surface area (Å²) >= 11 is 0. The van der Waals surface area contributed by atoms with Crippen LogP contribution in [0, 0.1) is 0 Å². The number of nitrogens with one attached hydrogen (secondary N) is 1. The molecular weight excluding hydrogens is 294 g/mol. The van der Waals surface area contributed by atoms with Crippen LogP contribution >= 0.6 is 0 Å². The van der Waals surface area contributed by atoms with E-state index in [1.807, 2.05) is 35.0 Å². The minimum Gasteiger partial charge on any atom is -0.381 e. The van der Waals surface area contributed by atoms with Crippen molar-refractivity contribution in [1.29, 1.82) is 0 Å². The monoisotopic (exact) mass is 311 g/mol. The summed E-state index contributed by atoms with van der Waals surface area (Å²) in [7, 11) is -0.956. The Bertz CT molecular complexity index is 767. The zero-order valence-electron chi connectivity index (χ0n) is 12.3. The van der Waals surface area contributed by atoms with Gasteiger partial charge in [-0.3, -0.25) is 4.21 Å². The van der Waals surface area contributed by atoms with Gasteiger partial charge in [-0.05, 0) is 35.9 Å². The highest BCUT2D eigenvalue weighted by atomic mass is 32.2. The maximum absolute atomic E-state index is 11.5. The molecule has 0 aliphatic carbocycles. The average Bonchev–Trinajstić information content (AvgIpc) is 3.08. The molecule has 0 aliphatic rings. The number of imidazole rings is 1. The lowest BCUT2D eigenvalue weighted by molar-refractivity contribution is 0.687. The van der Waals surface area contributed by atoms with Gasteiger partial charge in [0.05, 0.1) is 6.33 Å². The molecule has 0 saturated heterocycles. The maximum Gasteiger partial charge on any atom is 0.0991 e. The van der Waals surface area contributed by atoms with Crippen LogP contribution in [0.4, 0.5) is 5.69 Å². The van der Waals surface area contributed by atoms with Gasteiger partial charge < -0.3 is 9.88 Å². The lowest BCUT2D eigenvalue weighted by Gasteiger charge is -2.09. The van der Waals surface area contributed by atoms with Gasteiger partial charge >= 0.3 is 0 Å². The molecule has 22 heavy (non-hydrogen) atoms. The molecule has 0 amide bonds. The Labute approximate surface area is 132 Å². The standard InChI is InChI=1S/C17H17N3OS/c1-22(21)17-4-2-3-15(11-17)19-12-14-5-7-16(8-6-14)20-10-9-18-13-20/h2-11,13,19H,12H2,1H3/t22-/m0/s1. The molecule has 0 unspecified atom stereocenters. The molecule has 1 heterocycles. The Balaban J connectivity index is 1.66. The lowest BCUT2D eigenvalue weighted by Crippen LogP contribution is -2.00. The number of aromatic nitrogens is 2. The second-order valence-electron chi connectivity index (χ2n) is 4.97. The minimum absolute atomic E-state index is 0.726. The van der Waals surface area contributed by atoms with Crippen LogP contribution in [0.5, 0.6) is 0 Å². The number of anilines is 1. The van der Waals surface area contributed by atoms with Crippen LogP contribution in [-0.4, -0.2) is 20.0 Å². The molecular formula is C17H17N3OS. The van der Waals surface area contributed by atoms with Gasteiger partial charge in [-0.2, -0.15) is 0 Å². The van der Waals surface area contributed by atoms with Crippen molar-refractivity contribution in [1.82, 2.24) is 9.55 Å². The van der Waals surface area contributed by atoms with Crippen molar-refractivity contribution in [3.63, 3.8) is 0 Å². The molecule has 0 fully saturated rings. The molecule has 3 aromatic rings. The third-order valence-electron chi connectivity index (χ3n) is 3.40. The Morgan fingerprint density at radius 2 is 2.00 bits per heavy atom. The first kappa shape index (κ1) is 14.5. The van der Waals surface area contributed by atoms with E-state index in [1.165, 1.54) is 5.56 Å². The van der Waals surface area contributed by atoms with E-state index in [2.05, 4.69) is 34.6 Å². The van der Waals surface area contributed by atoms with Crippen molar-refractivity contribution in [3.05, 3.63) is 72.8 Å². The van der Waals surface area contributed by atoms with Crippen LogP contribution in [0.15, 0.2) is 72.1 Å². The fourth-order valence-electron chi connectivity index (χ4n) is 2.19. The molecule has 0 spiro atoms. The zero-order chi connectivity index (χ0) is 15.4. The second kappa shape index (κ2) is 6.58. The van der Waals surface area contributed by atoms with Gasteiger partial charge in [0.25, 0.3) is 0 Å². The van der Waals surface area contributed by atoms with E-state index in [4.69, 9.17) is 0 Å². The number of nitrogens with zero attached hydrogens (tertiary/aromatic N) is 2. The number of benzene rings is 2. The van der Waals surface area contributed by atoms with Gasteiger partial charge in [0.1, 0.15) is 0 Å². The predicted molar refractivity (Wildman–Crippen MR) is 89.7 cm³/mol. The molecule has 1 aromatic heterocycles. The summed E-state index contributed by atoms with van der Waals surface area (Å²) in [6.07, 6.45) is 7.15. The molecule has 0 saturated carbocycles. The predicted octanol–water partition coefficient (Wildman–Crippen LogP) is 3.22. The highest BCUT2D eigenvalue weighted by Crippen LogP contribution is 2.15. The van der Waals surface area contributed by atoms with Crippen molar-refractivity contribution in [3.8, 4) is 5.69 Å². The molecule has 2 aromatic carbocycles. The lowest BCUT2D eigenvalue weighted by atomic mass is 10.2. The van der Waals surface area contributed by atoms with Crippen molar-refractivity contribution in [2.45, 2.75) is 11.4 Å². The van der Waals surface area contributed by atoms with E-state index in [0.29, 0.717) is 0 Å². The van der Waals surface area contributed by atoms with Crippen molar-refractivity contribution in [2.75, 3.05) is 11.6 Å². The SMILES string of the molecule is C[S@](=O)c1cccc(NCc2ccc(-n3ccnc3)cc2)c1. The Morgan fingerprint density at radius 3 is 2.68 bits per heavy atom.